The molecule has 2 aliphatic rings. The number of aliphatic hydroxyl groups is 2. The summed E-state index contributed by atoms with van der Waals surface area (Å²) in [6.07, 6.45) is 2.90. The average Bonchev–Trinajstić information content (AvgIpc) is 3.50. The molecule has 32 heavy (non-hydrogen) atoms. The van der Waals surface area contributed by atoms with Crippen LogP contribution in [0.1, 0.15) is 29.5 Å². The van der Waals surface area contributed by atoms with E-state index in [9.17, 15) is 10.2 Å². The molecule has 5 heterocycles. The summed E-state index contributed by atoms with van der Waals surface area (Å²) in [5.41, 5.74) is 10.6. The Bertz CT molecular complexity index is 1370. The molecule has 9 nitrogen and oxygen atoms in total. The van der Waals surface area contributed by atoms with Gasteiger partial charge in [0, 0.05) is 23.4 Å². The third-order valence-corrected chi connectivity index (χ3v) is 6.33. The summed E-state index contributed by atoms with van der Waals surface area (Å²) >= 11 is 0. The van der Waals surface area contributed by atoms with Crippen molar-refractivity contribution in [3.05, 3.63) is 59.7 Å². The Morgan fingerprint density at radius 3 is 2.94 bits per heavy atom. The smallest absolute Gasteiger partial charge is 0.164 e. The van der Waals surface area contributed by atoms with Gasteiger partial charge >= 0.3 is 0 Å². The number of aryl methyl sites for hydroxylation is 1. The molecule has 162 valence electrons. The molecule has 0 unspecified atom stereocenters. The molecular formula is C23H22N6O3. The van der Waals surface area contributed by atoms with Crippen LogP contribution in [-0.2, 0) is 17.7 Å². The van der Waals surface area contributed by atoms with Crippen LogP contribution in [0.25, 0.3) is 21.9 Å². The number of hydrogen-bond donors (Lipinski definition) is 3. The van der Waals surface area contributed by atoms with E-state index in [-0.39, 0.29) is 0 Å². The van der Waals surface area contributed by atoms with Crippen LogP contribution in [0.4, 0.5) is 5.82 Å². The maximum Gasteiger partial charge on any atom is 0.164 e. The summed E-state index contributed by atoms with van der Waals surface area (Å²) in [7, 11) is 0. The number of fused-ring (bicyclic) bond motifs is 3. The molecule has 3 aromatic heterocycles. The highest BCUT2D eigenvalue weighted by atomic mass is 16.6. The van der Waals surface area contributed by atoms with E-state index in [0.717, 1.165) is 27.7 Å². The van der Waals surface area contributed by atoms with Gasteiger partial charge in [-0.1, -0.05) is 12.1 Å². The zero-order chi connectivity index (χ0) is 21.8. The zero-order valence-electron chi connectivity index (χ0n) is 17.2. The molecular weight excluding hydrogens is 408 g/mol. The van der Waals surface area contributed by atoms with Crippen molar-refractivity contribution in [3.8, 4) is 0 Å². The standard InChI is InChI=1S/C23H22N6O3/c24-21-15-5-6-29(22(15)27-11-26-21)23-20(31)19(30)18(32-23)4-2-12-1-3-13-8-14-9-25-10-17(14)28-16(13)7-12/h1,3,5-9,11,18-20,23,30-31H,2,4,10H2,(H2,24,26,27)/t18-,19-,20-,23-/m1/s1. The number of anilines is 1. The van der Waals surface area contributed by atoms with Gasteiger partial charge in [-0.05, 0) is 36.6 Å². The number of hydrogen-bond acceptors (Lipinski definition) is 8. The van der Waals surface area contributed by atoms with Gasteiger partial charge in [-0.15, -0.1) is 0 Å². The second-order valence-corrected chi connectivity index (χ2v) is 8.33. The van der Waals surface area contributed by atoms with Crippen molar-refractivity contribution >= 4 is 34.0 Å². The first-order chi connectivity index (χ1) is 15.6. The van der Waals surface area contributed by atoms with Crippen LogP contribution < -0.4 is 5.73 Å². The first-order valence-electron chi connectivity index (χ1n) is 10.6. The molecule has 0 amide bonds. The molecule has 0 bridgehead atoms. The van der Waals surface area contributed by atoms with Gasteiger partial charge in [0.25, 0.3) is 0 Å². The lowest BCUT2D eigenvalue weighted by Crippen LogP contribution is -2.31. The number of nitrogens with zero attached hydrogens (tertiary/aromatic N) is 5. The van der Waals surface area contributed by atoms with Gasteiger partial charge in [0.15, 0.2) is 6.23 Å². The molecule has 9 heteroatoms. The lowest BCUT2D eigenvalue weighted by Gasteiger charge is -2.17. The molecule has 0 saturated carbocycles. The van der Waals surface area contributed by atoms with E-state index in [4.69, 9.17) is 15.5 Å². The van der Waals surface area contributed by atoms with Crippen LogP contribution in [0, 0.1) is 0 Å². The third-order valence-electron chi connectivity index (χ3n) is 6.33. The maximum absolute atomic E-state index is 10.7. The van der Waals surface area contributed by atoms with Gasteiger partial charge in [-0.25, -0.2) is 9.97 Å². The molecule has 4 N–H and O–H groups in total. The van der Waals surface area contributed by atoms with E-state index in [0.29, 0.717) is 36.2 Å². The Morgan fingerprint density at radius 2 is 2.03 bits per heavy atom. The minimum absolute atomic E-state index is 0.362. The molecule has 1 fully saturated rings. The predicted octanol–water partition coefficient (Wildman–Crippen LogP) is 1.75. The SMILES string of the molecule is Nc1ncnc2c1ccn2[C@@H]1O[C@H](CCc2ccc3cc4c(nc3c2)CN=C4)[C@@H](O)[C@H]1O. The number of nitrogen functional groups attached to an aromatic ring is 1. The first kappa shape index (κ1) is 19.3. The van der Waals surface area contributed by atoms with E-state index >= 15 is 0 Å². The Morgan fingerprint density at radius 1 is 1.12 bits per heavy atom. The Balaban J connectivity index is 1.20. The lowest BCUT2D eigenvalue weighted by molar-refractivity contribution is -0.0364. The number of ether oxygens (including phenoxy) is 1. The molecule has 4 atom stereocenters. The maximum atomic E-state index is 10.7. The molecule has 0 spiro atoms. The predicted molar refractivity (Wildman–Crippen MR) is 119 cm³/mol. The topological polar surface area (TPSA) is 132 Å². The number of benzene rings is 1. The van der Waals surface area contributed by atoms with E-state index in [1.807, 2.05) is 6.21 Å². The highest BCUT2D eigenvalue weighted by Gasteiger charge is 2.43. The second-order valence-electron chi connectivity index (χ2n) is 8.33. The largest absolute Gasteiger partial charge is 0.388 e. The average molecular weight is 430 g/mol. The van der Waals surface area contributed by atoms with E-state index in [1.165, 1.54) is 6.33 Å². The van der Waals surface area contributed by atoms with Gasteiger partial charge in [-0.3, -0.25) is 9.98 Å². The van der Waals surface area contributed by atoms with Crippen LogP contribution in [0.15, 0.2) is 47.8 Å². The van der Waals surface area contributed by atoms with E-state index in [1.54, 1.807) is 16.8 Å². The van der Waals surface area contributed by atoms with Crippen molar-refractivity contribution in [2.24, 2.45) is 4.99 Å². The van der Waals surface area contributed by atoms with Gasteiger partial charge in [0.05, 0.1) is 29.2 Å². The van der Waals surface area contributed by atoms with Gasteiger partial charge in [0.2, 0.25) is 0 Å². The number of aliphatic hydroxyl groups excluding tert-OH is 2. The van der Waals surface area contributed by atoms with Crippen LogP contribution in [0.5, 0.6) is 0 Å². The summed E-state index contributed by atoms with van der Waals surface area (Å²) in [5, 5.41) is 23.1. The van der Waals surface area contributed by atoms with Crippen molar-refractivity contribution in [1.82, 2.24) is 19.5 Å². The summed E-state index contributed by atoms with van der Waals surface area (Å²) in [4.78, 5) is 17.3. The molecule has 0 radical (unpaired) electrons. The van der Waals surface area contributed by atoms with Crippen molar-refractivity contribution in [3.63, 3.8) is 0 Å². The Kier molecular flexibility index (Phi) is 4.42. The minimum atomic E-state index is -1.08. The van der Waals surface area contributed by atoms with Crippen molar-refractivity contribution in [2.75, 3.05) is 5.73 Å². The lowest BCUT2D eigenvalue weighted by atomic mass is 10.0. The highest BCUT2D eigenvalue weighted by Crippen LogP contribution is 2.34. The summed E-state index contributed by atoms with van der Waals surface area (Å²) in [6, 6.07) is 10.1. The summed E-state index contributed by atoms with van der Waals surface area (Å²) in [6.45, 7) is 0.627. The van der Waals surface area contributed by atoms with Crippen LogP contribution in [0.3, 0.4) is 0 Å². The number of rotatable bonds is 4. The summed E-state index contributed by atoms with van der Waals surface area (Å²) in [5.74, 6) is 0.362. The normalized spacial score (nSPS) is 24.6. The van der Waals surface area contributed by atoms with Gasteiger partial charge < -0.3 is 25.3 Å². The molecule has 6 rings (SSSR count). The number of pyridine rings is 1. The zero-order valence-corrected chi connectivity index (χ0v) is 17.2. The van der Waals surface area contributed by atoms with Crippen LogP contribution >= 0.6 is 0 Å². The van der Waals surface area contributed by atoms with E-state index in [2.05, 4.69) is 39.2 Å². The number of nitrogens with two attached hydrogens (primary N) is 1. The molecule has 0 aliphatic carbocycles. The fourth-order valence-electron chi connectivity index (χ4n) is 4.60. The minimum Gasteiger partial charge on any atom is -0.388 e. The molecule has 1 saturated heterocycles. The molecule has 2 aliphatic heterocycles. The van der Waals surface area contributed by atoms with Crippen molar-refractivity contribution in [1.29, 1.82) is 0 Å². The van der Waals surface area contributed by atoms with Gasteiger partial charge in [0.1, 0.15) is 30.0 Å². The third kappa shape index (κ3) is 3.05. The number of aromatic nitrogens is 4. The Hall–Kier alpha value is -3.40. The van der Waals surface area contributed by atoms with Crippen molar-refractivity contribution in [2.45, 2.75) is 43.9 Å². The monoisotopic (exact) mass is 430 g/mol. The van der Waals surface area contributed by atoms with Crippen LogP contribution in [0.2, 0.25) is 0 Å². The van der Waals surface area contributed by atoms with E-state index < -0.39 is 24.5 Å². The Labute approximate surface area is 183 Å². The number of aliphatic imine (C=N–C) groups is 1. The fourth-order valence-corrected chi connectivity index (χ4v) is 4.60. The van der Waals surface area contributed by atoms with Crippen molar-refractivity contribution < 1.29 is 14.9 Å². The quantitative estimate of drug-likeness (QED) is 0.449. The second kappa shape index (κ2) is 7.33. The fraction of sp³-hybridized carbons (Fsp3) is 0.304. The van der Waals surface area contributed by atoms with Gasteiger partial charge in [-0.2, -0.15) is 0 Å². The molecule has 4 aromatic rings. The first-order valence-corrected chi connectivity index (χ1v) is 10.6. The molecule has 1 aromatic carbocycles. The summed E-state index contributed by atoms with van der Waals surface area (Å²) < 4.78 is 7.78. The highest BCUT2D eigenvalue weighted by molar-refractivity contribution is 5.91. The van der Waals surface area contributed by atoms with Crippen LogP contribution in [-0.4, -0.2) is 54.3 Å².